The number of aliphatic hydroxyl groups excluding tert-OH is 1. The van der Waals surface area contributed by atoms with Gasteiger partial charge in [-0.15, -0.1) is 0 Å². The van der Waals surface area contributed by atoms with E-state index in [0.29, 0.717) is 40.2 Å². The number of nitrogens with zero attached hydrogens (tertiary/aromatic N) is 6. The number of hydrogen-bond acceptors (Lipinski definition) is 18. The zero-order valence-electron chi connectivity index (χ0n) is 36.1. The number of hydrogen-bond donors (Lipinski definition) is 5. The van der Waals surface area contributed by atoms with Crippen molar-refractivity contribution in [3.05, 3.63) is 104 Å². The van der Waals surface area contributed by atoms with Crippen LogP contribution in [0.15, 0.2) is 56.2 Å². The van der Waals surface area contributed by atoms with E-state index in [4.69, 9.17) is 46.1 Å². The molecule has 0 bridgehead atoms. The van der Waals surface area contributed by atoms with Crippen LogP contribution >= 0.6 is 34.3 Å². The first-order valence-electron chi connectivity index (χ1n) is 19.6. The Morgan fingerprint density at radius 1 is 0.757 bits per heavy atom. The van der Waals surface area contributed by atoms with E-state index in [2.05, 4.69) is 30.6 Å². The van der Waals surface area contributed by atoms with Gasteiger partial charge in [0.1, 0.15) is 44.7 Å². The molecule has 0 aliphatic carbocycles. The summed E-state index contributed by atoms with van der Waals surface area (Å²) in [6, 6.07) is 5.95. The molecule has 0 unspecified atom stereocenters. The Labute approximate surface area is 436 Å². The third kappa shape index (κ3) is 15.5. The molecule has 0 spiro atoms. The number of sulfonamides is 2. The number of aromatic nitrogens is 2. The molecule has 0 saturated carbocycles. The van der Waals surface area contributed by atoms with E-state index in [-0.39, 0.29) is 75.5 Å². The molecule has 70 heavy (non-hydrogen) atoms. The van der Waals surface area contributed by atoms with Gasteiger partial charge in [-0.3, -0.25) is 9.59 Å². The number of thiazole rings is 2. The maximum absolute atomic E-state index is 14.0. The normalized spacial score (nSPS) is 15.0. The summed E-state index contributed by atoms with van der Waals surface area (Å²) in [4.78, 5) is 40.0. The minimum atomic E-state index is -3.87. The Morgan fingerprint density at radius 3 is 1.40 bits per heavy atom. The standard InChI is InChI=1S/C20H20F2N5O4S2.C19H17ClF2N5O3S2.CH4O.CH4.2W/c1-12(10-24-11-31-2)33(29,30)27-8-6-13(7-9-27)25-20-26-19(23)18(32-20)17(28)16-14(21)4-3-5-15(16)22;1-11(9-24-10-20)32(29,30)27-7-5-12(6-8-27)25-19-26-18(23)17(31-19)16(28)15-13(21)3-2-4-14(15)22;1-2;;;/h1,3-5,10,13H,6-9,23H2,2H3,(H,25,26);1-4,9,12H,5-8,23H2,(H,25,26);2H,1H3;1H4;;/q2*-1;;;;. The van der Waals surface area contributed by atoms with E-state index in [1.54, 1.807) is 0 Å². The van der Waals surface area contributed by atoms with Gasteiger partial charge in [-0.2, -0.15) is 0 Å². The monoisotopic (exact) mass is 1410 g/mol. The summed E-state index contributed by atoms with van der Waals surface area (Å²) >= 11 is 9.20. The molecule has 4 aromatic rings. The molecule has 0 atom stereocenters. The van der Waals surface area contributed by atoms with Gasteiger partial charge < -0.3 is 16.6 Å². The van der Waals surface area contributed by atoms with Crippen molar-refractivity contribution in [2.45, 2.75) is 45.2 Å². The number of aliphatic hydroxyl groups is 1. The number of benzene rings is 2. The SMILES string of the molecule is C.CO.[CH-]=C(C=N[C](=[W])OC)S(=O)(=O)N1CCC(Nc2nc(N)c(C(=O)c3c(F)cccc3F)s2)CC1.[CH-]=C(C=N[C](Cl)=[W])S(=O)(=O)N1CCC(Nc2nc(N)c(C(=O)c3c(F)cccc3F)s2)CC1. The van der Waals surface area contributed by atoms with Crippen molar-refractivity contribution < 1.29 is 92.5 Å². The number of piperidine rings is 2. The van der Waals surface area contributed by atoms with Crippen LogP contribution in [0.5, 0.6) is 0 Å². The Kier molecular flexibility index (Phi) is 23.3. The molecular weight excluding hydrogens is 1370 g/mol. The Morgan fingerprint density at radius 2 is 1.09 bits per heavy atom. The summed E-state index contributed by atoms with van der Waals surface area (Å²) in [6.07, 6.45) is 3.80. The van der Waals surface area contributed by atoms with Gasteiger partial charge in [-0.25, -0.2) is 17.6 Å². The predicted molar refractivity (Wildman–Crippen MR) is 257 cm³/mol. The molecule has 2 aliphatic heterocycles. The number of methoxy groups -OCH3 is 1. The number of carbonyl (C=O) groups excluding carboxylic acids is 2. The number of rotatable bonds is 17. The van der Waals surface area contributed by atoms with E-state index in [1.807, 2.05) is 0 Å². The summed E-state index contributed by atoms with van der Waals surface area (Å²) in [5.41, 5.74) is 10.2. The van der Waals surface area contributed by atoms with Gasteiger partial charge in [0.15, 0.2) is 0 Å². The van der Waals surface area contributed by atoms with E-state index in [1.165, 1.54) is 15.7 Å². The van der Waals surface area contributed by atoms with Gasteiger partial charge in [0.05, 0.1) is 11.1 Å². The third-order valence-electron chi connectivity index (χ3n) is 9.70. The number of halogens is 5. The van der Waals surface area contributed by atoms with Crippen LogP contribution in [-0.4, -0.2) is 125 Å². The van der Waals surface area contributed by atoms with Crippen molar-refractivity contribution in [3.8, 4) is 0 Å². The molecule has 0 radical (unpaired) electrons. The molecular formula is C41H45ClF4N10O8S4W2-2. The number of ether oxygens (including phenoxy) is 1. The fourth-order valence-electron chi connectivity index (χ4n) is 6.31. The first-order valence-corrected chi connectivity index (χ1v) is 27.5. The summed E-state index contributed by atoms with van der Waals surface area (Å²) in [5, 5.41) is 13.8. The first kappa shape index (κ1) is 60.2. The number of nitrogens with one attached hydrogen (secondary N) is 2. The zero-order valence-corrected chi connectivity index (χ0v) is 46.0. The molecule has 2 aliphatic rings. The molecule has 18 nitrogen and oxygen atoms in total. The van der Waals surface area contributed by atoms with E-state index in [0.717, 1.165) is 117 Å². The second-order valence-corrected chi connectivity index (χ2v) is 23.8. The van der Waals surface area contributed by atoms with E-state index >= 15 is 0 Å². The number of allylic oxidation sites excluding steroid dienone is 2. The van der Waals surface area contributed by atoms with Crippen LogP contribution in [0.3, 0.4) is 0 Å². The van der Waals surface area contributed by atoms with Gasteiger partial charge in [0.25, 0.3) is 0 Å². The Hall–Kier alpha value is -4.07. The van der Waals surface area contributed by atoms with Gasteiger partial charge in [-0.1, -0.05) is 19.6 Å². The molecule has 0 amide bonds. The summed E-state index contributed by atoms with van der Waals surface area (Å²) in [5.74, 6) is -6.04. The van der Waals surface area contributed by atoms with Crippen LogP contribution in [0.2, 0.25) is 0 Å². The van der Waals surface area contributed by atoms with Gasteiger partial charge in [-0.05, 0) is 24.3 Å². The average molecular weight is 1410 g/mol. The number of nitrogen functional groups attached to an aromatic ring is 2. The number of nitrogens with two attached hydrogens (primary N) is 2. The fourth-order valence-corrected chi connectivity index (χ4v) is 10.9. The van der Waals surface area contributed by atoms with Crippen LogP contribution in [-0.2, 0) is 63.5 Å². The molecule has 2 fully saturated rings. The predicted octanol–water partition coefficient (Wildman–Crippen LogP) is 5.05. The van der Waals surface area contributed by atoms with Crippen molar-refractivity contribution in [1.29, 1.82) is 0 Å². The molecule has 2 saturated heterocycles. The van der Waals surface area contributed by atoms with Gasteiger partial charge >= 0.3 is 278 Å². The van der Waals surface area contributed by atoms with Crippen molar-refractivity contribution in [2.75, 3.05) is 62.5 Å². The Balaban J connectivity index is 0.000000353. The Bertz CT molecular complexity index is 2850. The molecule has 2 aromatic carbocycles. The van der Waals surface area contributed by atoms with Crippen molar-refractivity contribution in [2.24, 2.45) is 9.98 Å². The second-order valence-electron chi connectivity index (χ2n) is 14.0. The molecule has 29 heteroatoms. The van der Waals surface area contributed by atoms with Crippen LogP contribution in [0, 0.1) is 36.4 Å². The summed E-state index contributed by atoms with van der Waals surface area (Å²) in [6.45, 7) is 12.1. The molecule has 2 aromatic heterocycles. The number of anilines is 4. The van der Waals surface area contributed by atoms with Crippen LogP contribution in [0.4, 0.5) is 39.5 Å². The van der Waals surface area contributed by atoms with E-state index < -0.39 is 70.9 Å². The van der Waals surface area contributed by atoms with Crippen LogP contribution in [0.1, 0.15) is 63.6 Å². The molecule has 6 rings (SSSR count). The van der Waals surface area contributed by atoms with Crippen molar-refractivity contribution in [1.82, 2.24) is 18.6 Å². The van der Waals surface area contributed by atoms with Gasteiger partial charge in [0, 0.05) is 7.11 Å². The number of ketones is 2. The summed E-state index contributed by atoms with van der Waals surface area (Å²) < 4.78 is 114. The van der Waals surface area contributed by atoms with Crippen LogP contribution in [0.25, 0.3) is 0 Å². The van der Waals surface area contributed by atoms with Crippen molar-refractivity contribution >= 4 is 108 Å². The topological polar surface area (TPSA) is 265 Å². The maximum atomic E-state index is 14.0. The van der Waals surface area contributed by atoms with Crippen LogP contribution < -0.4 is 22.1 Å². The minimum absolute atomic E-state index is 0. The quantitative estimate of drug-likeness (QED) is 0.0305. The number of carbonyl (C=O) groups is 2. The first-order chi connectivity index (χ1) is 32.5. The molecule has 4 heterocycles. The van der Waals surface area contributed by atoms with E-state index in [9.17, 15) is 44.0 Å². The van der Waals surface area contributed by atoms with Crippen molar-refractivity contribution in [3.63, 3.8) is 0 Å². The summed E-state index contributed by atoms with van der Waals surface area (Å²) in [7, 11) is -5.31. The fraction of sp³-hybridized carbons (Fsp3) is 0.317. The third-order valence-corrected chi connectivity index (χ3v) is 16.7. The number of aliphatic imine (C=N–C) groups is 2. The zero-order chi connectivity index (χ0) is 51.4. The molecule has 380 valence electrons. The second kappa shape index (κ2) is 27.1. The average Bonchev–Trinajstić information content (AvgIpc) is 3.87. The van der Waals surface area contributed by atoms with Gasteiger partial charge in [0.2, 0.25) is 11.6 Å². The molecule has 7 N–H and O–H groups in total.